The van der Waals surface area contributed by atoms with Gasteiger partial charge in [-0.25, -0.2) is 4.85 Å². The normalized spacial score (nSPS) is 11.4. The van der Waals surface area contributed by atoms with Gasteiger partial charge in [-0.15, -0.1) is 0 Å². The molecule has 5 nitrogen and oxygen atoms in total. The lowest BCUT2D eigenvalue weighted by Crippen LogP contribution is -2.09. The summed E-state index contributed by atoms with van der Waals surface area (Å²) in [4.78, 5) is 6.27. The Morgan fingerprint density at radius 1 is 0.491 bits per heavy atom. The number of hydrogen-bond donors (Lipinski definition) is 0. The van der Waals surface area contributed by atoms with Crippen LogP contribution in [0.5, 0.6) is 0 Å². The number of para-hydroxylation sites is 4. The summed E-state index contributed by atoms with van der Waals surface area (Å²) in [5, 5.41) is 17.8. The highest BCUT2D eigenvalue weighted by atomic mass is 15.1. The lowest BCUT2D eigenvalue weighted by Gasteiger charge is -2.25. The van der Waals surface area contributed by atoms with Gasteiger partial charge in [0.2, 0.25) is 5.69 Å². The Balaban J connectivity index is 1.31. The van der Waals surface area contributed by atoms with Crippen molar-refractivity contribution in [3.8, 4) is 17.4 Å². The second-order valence-corrected chi connectivity index (χ2v) is 13.1. The Kier molecular flexibility index (Phi) is 6.86. The van der Waals surface area contributed by atoms with E-state index in [1.165, 1.54) is 0 Å². The van der Waals surface area contributed by atoms with Gasteiger partial charge < -0.3 is 14.0 Å². The van der Waals surface area contributed by atoms with Gasteiger partial charge in [-0.05, 0) is 77.5 Å². The monoisotopic (exact) mass is 675 g/mol. The molecular formula is C48H29N5. The Labute approximate surface area is 305 Å². The van der Waals surface area contributed by atoms with Gasteiger partial charge in [0.25, 0.3) is 0 Å². The maximum atomic E-state index is 11.2. The zero-order valence-electron chi connectivity index (χ0n) is 28.5. The van der Waals surface area contributed by atoms with Crippen LogP contribution in [0.25, 0.3) is 70.6 Å². The quantitative estimate of drug-likeness (QED) is 0.170. The van der Waals surface area contributed by atoms with Crippen LogP contribution in [0.15, 0.2) is 176 Å². The van der Waals surface area contributed by atoms with E-state index in [9.17, 15) is 5.26 Å². The van der Waals surface area contributed by atoms with Crippen LogP contribution in [0.4, 0.5) is 22.7 Å². The molecule has 53 heavy (non-hydrogen) atoms. The molecular weight excluding hydrogens is 647 g/mol. The van der Waals surface area contributed by atoms with Crippen molar-refractivity contribution in [3.63, 3.8) is 0 Å². The summed E-state index contributed by atoms with van der Waals surface area (Å²) < 4.78 is 4.30. The van der Waals surface area contributed by atoms with Gasteiger partial charge in [-0.1, -0.05) is 109 Å². The Hall–Kier alpha value is -7.60. The van der Waals surface area contributed by atoms with Crippen molar-refractivity contribution >= 4 is 77.1 Å². The highest BCUT2D eigenvalue weighted by Gasteiger charge is 2.24. The van der Waals surface area contributed by atoms with Gasteiger partial charge in [0.15, 0.2) is 0 Å². The third-order valence-corrected chi connectivity index (χ3v) is 10.3. The lowest BCUT2D eigenvalue weighted by molar-refractivity contribution is 1.12. The summed E-state index contributed by atoms with van der Waals surface area (Å²) in [5.41, 5.74) is 9.18. The van der Waals surface area contributed by atoms with Crippen molar-refractivity contribution in [2.45, 2.75) is 0 Å². The van der Waals surface area contributed by atoms with E-state index in [1.807, 2.05) is 48.5 Å². The van der Waals surface area contributed by atoms with E-state index < -0.39 is 0 Å². The number of aromatic nitrogens is 2. The van der Waals surface area contributed by atoms with Crippen LogP contribution in [0.2, 0.25) is 0 Å². The summed E-state index contributed by atoms with van der Waals surface area (Å²) in [6.07, 6.45) is 0. The average molecular weight is 676 g/mol. The van der Waals surface area contributed by atoms with Crippen LogP contribution < -0.4 is 4.90 Å². The summed E-state index contributed by atoms with van der Waals surface area (Å²) in [5.74, 6) is 0. The smallest absolute Gasteiger partial charge is 0.212 e. The minimum absolute atomic E-state index is 0.423. The van der Waals surface area contributed by atoms with Crippen LogP contribution in [-0.4, -0.2) is 9.13 Å². The predicted molar refractivity (Wildman–Crippen MR) is 218 cm³/mol. The highest BCUT2D eigenvalue weighted by molar-refractivity contribution is 6.22. The molecule has 10 aromatic rings. The summed E-state index contributed by atoms with van der Waals surface area (Å²) >= 11 is 0. The standard InChI is InChI=1S/C48H29N5/c1-50-41-26-29-45(40(31-49)48(41)53-42-22-12-10-20-37(42)38-21-11-13-23-43(38)53)52-44-28-25-35(51(33-15-4-2-5-16-33)34-17-6-3-7-18-34)30-39(44)47-36-19-9-8-14-32(36)24-27-46(47)52/h2-30H. The molecule has 0 bridgehead atoms. The van der Waals surface area contributed by atoms with Crippen LogP contribution in [0.1, 0.15) is 5.56 Å². The Morgan fingerprint density at radius 2 is 1.06 bits per heavy atom. The SMILES string of the molecule is [C-]#[N+]c1ccc(-n2c3ccc(N(c4ccccc4)c4ccccc4)cc3c3c4ccccc4ccc32)c(C#N)c1-n1c2ccccc2c2ccccc21. The van der Waals surface area contributed by atoms with Crippen LogP contribution >= 0.6 is 0 Å². The van der Waals surface area contributed by atoms with Crippen molar-refractivity contribution < 1.29 is 0 Å². The minimum atomic E-state index is 0.423. The van der Waals surface area contributed by atoms with Crippen LogP contribution in [0, 0.1) is 17.9 Å². The predicted octanol–water partition coefficient (Wildman–Crippen LogP) is 12.9. The fourth-order valence-corrected chi connectivity index (χ4v) is 8.12. The molecule has 0 atom stereocenters. The molecule has 0 saturated heterocycles. The second kappa shape index (κ2) is 12.0. The van der Waals surface area contributed by atoms with Crippen molar-refractivity contribution in [1.29, 1.82) is 5.26 Å². The van der Waals surface area contributed by atoms with E-state index in [0.717, 1.165) is 77.1 Å². The molecule has 0 spiro atoms. The number of benzene rings is 8. The molecule has 2 heterocycles. The van der Waals surface area contributed by atoms with Crippen LogP contribution in [-0.2, 0) is 0 Å². The first-order valence-corrected chi connectivity index (χ1v) is 17.5. The average Bonchev–Trinajstić information content (AvgIpc) is 3.74. The highest BCUT2D eigenvalue weighted by Crippen LogP contribution is 2.44. The topological polar surface area (TPSA) is 41.2 Å². The van der Waals surface area contributed by atoms with E-state index in [-0.39, 0.29) is 0 Å². The first-order chi connectivity index (χ1) is 26.2. The molecule has 2 aromatic heterocycles. The number of rotatable bonds is 5. The molecule has 8 aromatic carbocycles. The third-order valence-electron chi connectivity index (χ3n) is 10.3. The molecule has 0 radical (unpaired) electrons. The molecule has 0 saturated carbocycles. The maximum absolute atomic E-state index is 11.2. The van der Waals surface area contributed by atoms with E-state index in [1.54, 1.807) is 0 Å². The molecule has 0 aliphatic carbocycles. The summed E-state index contributed by atoms with van der Waals surface area (Å²) in [6.45, 7) is 8.27. The molecule has 10 rings (SSSR count). The van der Waals surface area contributed by atoms with Gasteiger partial charge in [0, 0.05) is 38.6 Å². The Morgan fingerprint density at radius 3 is 1.70 bits per heavy atom. The Bertz CT molecular complexity index is 3050. The first kappa shape index (κ1) is 30.2. The van der Waals surface area contributed by atoms with Gasteiger partial charge >= 0.3 is 0 Å². The van der Waals surface area contributed by atoms with E-state index >= 15 is 0 Å². The number of nitriles is 1. The van der Waals surface area contributed by atoms with Crippen molar-refractivity contribution in [3.05, 3.63) is 193 Å². The van der Waals surface area contributed by atoms with Gasteiger partial charge in [-0.2, -0.15) is 5.26 Å². The lowest BCUT2D eigenvalue weighted by atomic mass is 10.0. The van der Waals surface area contributed by atoms with Gasteiger partial charge in [0.05, 0.1) is 45.6 Å². The number of fused-ring (bicyclic) bond motifs is 8. The molecule has 0 unspecified atom stereocenters. The van der Waals surface area contributed by atoms with E-state index in [0.29, 0.717) is 16.9 Å². The molecule has 0 N–H and O–H groups in total. The second-order valence-electron chi connectivity index (χ2n) is 13.1. The molecule has 0 aliphatic rings. The van der Waals surface area contributed by atoms with Crippen LogP contribution in [0.3, 0.4) is 0 Å². The minimum Gasteiger partial charge on any atom is -0.318 e. The van der Waals surface area contributed by atoms with Crippen molar-refractivity contribution in [2.75, 3.05) is 4.90 Å². The molecule has 0 amide bonds. The van der Waals surface area contributed by atoms with Gasteiger partial charge in [0.1, 0.15) is 6.07 Å². The number of hydrogen-bond acceptors (Lipinski definition) is 2. The van der Waals surface area contributed by atoms with Crippen molar-refractivity contribution in [1.82, 2.24) is 9.13 Å². The fraction of sp³-hybridized carbons (Fsp3) is 0. The number of nitrogens with zero attached hydrogens (tertiary/aromatic N) is 5. The number of anilines is 3. The zero-order valence-corrected chi connectivity index (χ0v) is 28.5. The molecule has 0 aliphatic heterocycles. The third kappa shape index (κ3) is 4.55. The fourth-order valence-electron chi connectivity index (χ4n) is 8.12. The van der Waals surface area contributed by atoms with Gasteiger partial charge in [-0.3, -0.25) is 0 Å². The zero-order chi connectivity index (χ0) is 35.5. The van der Waals surface area contributed by atoms with E-state index in [4.69, 9.17) is 6.57 Å². The largest absolute Gasteiger partial charge is 0.318 e. The first-order valence-electron chi connectivity index (χ1n) is 17.5. The van der Waals surface area contributed by atoms with Crippen molar-refractivity contribution in [2.24, 2.45) is 0 Å². The van der Waals surface area contributed by atoms with E-state index in [2.05, 4.69) is 152 Å². The molecule has 5 heteroatoms. The maximum Gasteiger partial charge on any atom is 0.212 e. The summed E-state index contributed by atoms with van der Waals surface area (Å²) in [7, 11) is 0. The molecule has 246 valence electrons. The molecule has 0 fully saturated rings. The summed E-state index contributed by atoms with van der Waals surface area (Å²) in [6, 6.07) is 63.0.